The number of amides is 1. The van der Waals surface area contributed by atoms with Crippen molar-refractivity contribution in [3.8, 4) is 0 Å². The van der Waals surface area contributed by atoms with Crippen molar-refractivity contribution in [3.05, 3.63) is 58.1 Å². The summed E-state index contributed by atoms with van der Waals surface area (Å²) in [7, 11) is 0. The molecule has 1 aromatic carbocycles. The van der Waals surface area contributed by atoms with Gasteiger partial charge in [-0.1, -0.05) is 11.6 Å². The summed E-state index contributed by atoms with van der Waals surface area (Å²) in [6.45, 7) is 4.02. The van der Waals surface area contributed by atoms with Gasteiger partial charge in [0.15, 0.2) is 0 Å². The van der Waals surface area contributed by atoms with Crippen LogP contribution in [0.15, 0.2) is 35.5 Å². The number of aromatic nitrogens is 1. The fraction of sp³-hybridized carbons (Fsp3) is 0.350. The zero-order valence-electron chi connectivity index (χ0n) is 15.6. The van der Waals surface area contributed by atoms with Crippen LogP contribution in [0.25, 0.3) is 0 Å². The molecule has 0 saturated heterocycles. The molecular weight excluding hydrogens is 383 g/mol. The lowest BCUT2D eigenvalue weighted by atomic mass is 9.76. The van der Waals surface area contributed by atoms with E-state index in [1.165, 1.54) is 18.3 Å². The topological polar surface area (TPSA) is 89.6 Å². The first kappa shape index (κ1) is 18.7. The number of anilines is 1. The molecule has 28 heavy (non-hydrogen) atoms. The van der Waals surface area contributed by atoms with E-state index in [2.05, 4.69) is 15.3 Å². The maximum Gasteiger partial charge on any atom is 0.282 e. The van der Waals surface area contributed by atoms with E-state index >= 15 is 0 Å². The molecule has 146 valence electrons. The van der Waals surface area contributed by atoms with Crippen molar-refractivity contribution in [2.45, 2.75) is 32.2 Å². The maximum absolute atomic E-state index is 14.8. The summed E-state index contributed by atoms with van der Waals surface area (Å²) in [4.78, 5) is 21.2. The van der Waals surface area contributed by atoms with Crippen LogP contribution in [-0.2, 0) is 10.3 Å². The van der Waals surface area contributed by atoms with Crippen molar-refractivity contribution in [1.29, 1.82) is 0 Å². The normalized spacial score (nSPS) is 22.4. The van der Waals surface area contributed by atoms with Gasteiger partial charge in [-0.05, 0) is 56.5 Å². The number of aliphatic imine (C=N–C) groups is 1. The molecule has 1 aromatic heterocycles. The van der Waals surface area contributed by atoms with Crippen LogP contribution in [0.4, 0.5) is 10.1 Å². The lowest BCUT2D eigenvalue weighted by molar-refractivity contribution is 0.102. The Hall–Kier alpha value is -2.67. The fourth-order valence-electron chi connectivity index (χ4n) is 3.80. The van der Waals surface area contributed by atoms with Crippen LogP contribution in [0.5, 0.6) is 0 Å². The molecule has 1 spiro atoms. The highest BCUT2D eigenvalue weighted by Gasteiger charge is 2.61. The van der Waals surface area contributed by atoms with Crippen molar-refractivity contribution in [3.63, 3.8) is 0 Å². The molecule has 2 aromatic rings. The minimum absolute atomic E-state index is 0.0508. The van der Waals surface area contributed by atoms with Gasteiger partial charge in [-0.15, -0.1) is 0 Å². The van der Waals surface area contributed by atoms with Gasteiger partial charge in [0.25, 0.3) is 11.9 Å². The largest absolute Gasteiger partial charge is 0.465 e. The van der Waals surface area contributed by atoms with Crippen molar-refractivity contribution < 1.29 is 13.9 Å². The SMILES string of the molecule is Cc1cc(Cl)cnc1C(=O)Nc1ccc(F)c([C@@]2(C)N=C(N)OCC23CC3)c1. The quantitative estimate of drug-likeness (QED) is 0.817. The molecule has 4 rings (SSSR count). The average Bonchev–Trinajstić information content (AvgIpc) is 3.41. The molecule has 1 atom stereocenters. The van der Waals surface area contributed by atoms with Crippen molar-refractivity contribution >= 4 is 29.2 Å². The Morgan fingerprint density at radius 3 is 2.79 bits per heavy atom. The molecule has 1 fully saturated rings. The minimum Gasteiger partial charge on any atom is -0.465 e. The highest BCUT2D eigenvalue weighted by atomic mass is 35.5. The monoisotopic (exact) mass is 402 g/mol. The summed E-state index contributed by atoms with van der Waals surface area (Å²) in [6.07, 6.45) is 3.17. The van der Waals surface area contributed by atoms with Gasteiger partial charge in [0, 0.05) is 22.9 Å². The predicted octanol–water partition coefficient (Wildman–Crippen LogP) is 3.78. The van der Waals surface area contributed by atoms with Crippen molar-refractivity contribution in [2.75, 3.05) is 11.9 Å². The summed E-state index contributed by atoms with van der Waals surface area (Å²) < 4.78 is 20.2. The summed E-state index contributed by atoms with van der Waals surface area (Å²) in [5, 5.41) is 3.23. The molecule has 1 aliphatic heterocycles. The molecule has 2 heterocycles. The summed E-state index contributed by atoms with van der Waals surface area (Å²) in [5.41, 5.74) is 6.41. The molecule has 1 aliphatic carbocycles. The van der Waals surface area contributed by atoms with Crippen LogP contribution in [0.1, 0.15) is 41.4 Å². The average molecular weight is 403 g/mol. The number of carbonyl (C=O) groups is 1. The fourth-order valence-corrected chi connectivity index (χ4v) is 4.01. The Kier molecular flexibility index (Phi) is 4.30. The Morgan fingerprint density at radius 2 is 2.11 bits per heavy atom. The zero-order chi connectivity index (χ0) is 20.1. The Labute approximate surface area is 167 Å². The van der Waals surface area contributed by atoms with E-state index in [0.717, 1.165) is 12.8 Å². The zero-order valence-corrected chi connectivity index (χ0v) is 16.3. The van der Waals surface area contributed by atoms with Crippen molar-refractivity contribution in [2.24, 2.45) is 16.1 Å². The van der Waals surface area contributed by atoms with Gasteiger partial charge in [0.1, 0.15) is 17.1 Å². The van der Waals surface area contributed by atoms with E-state index in [0.29, 0.717) is 28.4 Å². The number of aryl methyl sites for hydroxylation is 1. The number of nitrogens with two attached hydrogens (primary N) is 1. The van der Waals surface area contributed by atoms with Crippen LogP contribution in [0, 0.1) is 18.2 Å². The number of amidine groups is 1. The second-order valence-electron chi connectivity index (χ2n) is 7.56. The lowest BCUT2D eigenvalue weighted by Crippen LogP contribution is -2.43. The molecule has 2 aliphatic rings. The van der Waals surface area contributed by atoms with Gasteiger partial charge in [0.2, 0.25) is 0 Å². The summed E-state index contributed by atoms with van der Waals surface area (Å²) in [5.74, 6) is -0.793. The predicted molar refractivity (Wildman–Crippen MR) is 105 cm³/mol. The third-order valence-corrected chi connectivity index (χ3v) is 5.93. The first-order valence-corrected chi connectivity index (χ1v) is 9.34. The van der Waals surface area contributed by atoms with Crippen LogP contribution in [0.3, 0.4) is 0 Å². The summed E-state index contributed by atoms with van der Waals surface area (Å²) >= 11 is 5.90. The van der Waals surface area contributed by atoms with Crippen LogP contribution >= 0.6 is 11.6 Å². The standard InChI is InChI=1S/C20H20ClFN4O2/c1-11-7-12(21)9-24-16(11)17(27)25-13-3-4-15(22)14(8-13)19(2)20(5-6-20)10-28-18(23)26-19/h3-4,7-9H,5-6,10H2,1-2H3,(H2,23,26)(H,25,27)/t19-/m1/s1. The van der Waals surface area contributed by atoms with Gasteiger partial charge >= 0.3 is 0 Å². The first-order chi connectivity index (χ1) is 13.2. The van der Waals surface area contributed by atoms with E-state index in [9.17, 15) is 9.18 Å². The van der Waals surface area contributed by atoms with Gasteiger partial charge < -0.3 is 15.8 Å². The number of benzene rings is 1. The molecule has 1 amide bonds. The number of nitrogens with one attached hydrogen (secondary N) is 1. The summed E-state index contributed by atoms with van der Waals surface area (Å²) in [6, 6.07) is 6.17. The Morgan fingerprint density at radius 1 is 1.36 bits per heavy atom. The minimum atomic E-state index is -0.853. The van der Waals surface area contributed by atoms with E-state index in [4.69, 9.17) is 22.1 Å². The molecular formula is C20H20ClFN4O2. The van der Waals surface area contributed by atoms with Gasteiger partial charge in [-0.2, -0.15) is 0 Å². The third-order valence-electron chi connectivity index (χ3n) is 5.73. The number of pyridine rings is 1. The number of hydrogen-bond acceptors (Lipinski definition) is 5. The van der Waals surface area contributed by atoms with Crippen LogP contribution in [-0.4, -0.2) is 23.5 Å². The second kappa shape index (κ2) is 6.44. The van der Waals surface area contributed by atoms with Crippen LogP contribution in [0.2, 0.25) is 5.02 Å². The molecule has 6 nitrogen and oxygen atoms in total. The molecule has 0 radical (unpaired) electrons. The second-order valence-corrected chi connectivity index (χ2v) is 8.00. The number of nitrogens with zero attached hydrogens (tertiary/aromatic N) is 2. The molecule has 1 saturated carbocycles. The van der Waals surface area contributed by atoms with E-state index in [1.54, 1.807) is 19.1 Å². The molecule has 8 heteroatoms. The van der Waals surface area contributed by atoms with Gasteiger partial charge in [0.05, 0.1) is 11.6 Å². The number of halogens is 2. The molecule has 3 N–H and O–H groups in total. The van der Waals surface area contributed by atoms with E-state index in [-0.39, 0.29) is 17.1 Å². The first-order valence-electron chi connectivity index (χ1n) is 8.96. The van der Waals surface area contributed by atoms with Crippen molar-refractivity contribution in [1.82, 2.24) is 4.98 Å². The number of carbonyl (C=O) groups excluding carboxylic acids is 1. The maximum atomic E-state index is 14.8. The number of rotatable bonds is 3. The molecule has 0 bridgehead atoms. The smallest absolute Gasteiger partial charge is 0.282 e. The molecule has 0 unspecified atom stereocenters. The van der Waals surface area contributed by atoms with E-state index < -0.39 is 17.3 Å². The Balaban J connectivity index is 1.68. The highest BCUT2D eigenvalue weighted by Crippen LogP contribution is 2.62. The number of ether oxygens (including phenoxy) is 1. The Bertz CT molecular complexity index is 1010. The van der Waals surface area contributed by atoms with Crippen LogP contribution < -0.4 is 11.1 Å². The highest BCUT2D eigenvalue weighted by molar-refractivity contribution is 6.30. The van der Waals surface area contributed by atoms with Gasteiger partial charge in [-0.25, -0.2) is 14.4 Å². The number of hydrogen-bond donors (Lipinski definition) is 2. The van der Waals surface area contributed by atoms with Gasteiger partial charge in [-0.3, -0.25) is 4.79 Å². The lowest BCUT2D eigenvalue weighted by Gasteiger charge is -2.38. The third kappa shape index (κ3) is 2.99. The van der Waals surface area contributed by atoms with E-state index in [1.807, 2.05) is 6.92 Å².